The summed E-state index contributed by atoms with van der Waals surface area (Å²) in [7, 11) is 0. The predicted molar refractivity (Wildman–Crippen MR) is 92.7 cm³/mol. The number of rotatable bonds is 6. The van der Waals surface area contributed by atoms with Crippen molar-refractivity contribution in [2.24, 2.45) is 11.3 Å². The maximum Gasteiger partial charge on any atom is 0.0107 e. The quantitative estimate of drug-likeness (QED) is 0.778. The van der Waals surface area contributed by atoms with Gasteiger partial charge in [-0.15, -0.1) is 0 Å². The molecule has 1 N–H and O–H groups in total. The molecule has 0 aromatic heterocycles. The third-order valence-corrected chi connectivity index (χ3v) is 6.30. The van der Waals surface area contributed by atoms with E-state index in [1.165, 1.54) is 84.0 Å². The topological polar surface area (TPSA) is 15.3 Å². The third kappa shape index (κ3) is 5.56. The van der Waals surface area contributed by atoms with Crippen molar-refractivity contribution in [3.05, 3.63) is 0 Å². The van der Waals surface area contributed by atoms with Gasteiger partial charge in [-0.3, -0.25) is 0 Å². The van der Waals surface area contributed by atoms with Crippen LogP contribution in [0.4, 0.5) is 0 Å². The fourth-order valence-corrected chi connectivity index (χ4v) is 4.15. The lowest BCUT2D eigenvalue weighted by Gasteiger charge is -2.39. The van der Waals surface area contributed by atoms with Gasteiger partial charge in [-0.25, -0.2) is 0 Å². The summed E-state index contributed by atoms with van der Waals surface area (Å²) in [5, 5.41) is 3.84. The average molecular weight is 295 g/mol. The van der Waals surface area contributed by atoms with E-state index in [1.807, 2.05) is 0 Å². The molecule has 0 bridgehead atoms. The number of hydrogen-bond donors (Lipinski definition) is 1. The summed E-state index contributed by atoms with van der Waals surface area (Å²) in [6.07, 6.45) is 12.7. The number of hydrogen-bond acceptors (Lipinski definition) is 2. The number of likely N-dealkylation sites (tertiary alicyclic amines) is 1. The molecule has 0 amide bonds. The Labute approximate surface area is 133 Å². The van der Waals surface area contributed by atoms with Crippen molar-refractivity contribution in [2.45, 2.75) is 84.6 Å². The Kier molecular flexibility index (Phi) is 7.01. The molecule has 0 spiro atoms. The molecule has 0 unspecified atom stereocenters. The van der Waals surface area contributed by atoms with E-state index in [1.54, 1.807) is 0 Å². The van der Waals surface area contributed by atoms with Gasteiger partial charge in [-0.2, -0.15) is 0 Å². The molecule has 124 valence electrons. The first-order valence-corrected chi connectivity index (χ1v) is 9.57. The minimum atomic E-state index is 0.553. The average Bonchev–Trinajstić information content (AvgIpc) is 2.77. The van der Waals surface area contributed by atoms with Crippen LogP contribution in [0, 0.1) is 11.3 Å². The zero-order valence-electron chi connectivity index (χ0n) is 14.8. The molecule has 1 aliphatic carbocycles. The highest BCUT2D eigenvalue weighted by Crippen LogP contribution is 2.40. The van der Waals surface area contributed by atoms with Crippen LogP contribution in [-0.4, -0.2) is 37.1 Å². The van der Waals surface area contributed by atoms with Crippen LogP contribution in [0.15, 0.2) is 0 Å². The van der Waals surface area contributed by atoms with Crippen molar-refractivity contribution < 1.29 is 0 Å². The van der Waals surface area contributed by atoms with Gasteiger partial charge in [0.15, 0.2) is 0 Å². The lowest BCUT2D eigenvalue weighted by atomic mass is 9.69. The number of nitrogens with one attached hydrogen (secondary N) is 1. The molecule has 1 saturated carbocycles. The van der Waals surface area contributed by atoms with E-state index in [0.717, 1.165) is 12.0 Å². The SMILES string of the molecule is CCC(C)(C)C1CCC(NCCN2CCCCCC2)CC1. The van der Waals surface area contributed by atoms with Crippen LogP contribution in [0.2, 0.25) is 0 Å². The molecular formula is C19H38N2. The zero-order valence-corrected chi connectivity index (χ0v) is 14.8. The Balaban J connectivity index is 1.60. The minimum absolute atomic E-state index is 0.553. The van der Waals surface area contributed by atoms with Gasteiger partial charge < -0.3 is 10.2 Å². The van der Waals surface area contributed by atoms with E-state index in [4.69, 9.17) is 0 Å². The Morgan fingerprint density at radius 1 is 0.952 bits per heavy atom. The van der Waals surface area contributed by atoms with Gasteiger partial charge in [0.25, 0.3) is 0 Å². The van der Waals surface area contributed by atoms with Gasteiger partial charge in [-0.1, -0.05) is 40.0 Å². The van der Waals surface area contributed by atoms with Gasteiger partial charge >= 0.3 is 0 Å². The van der Waals surface area contributed by atoms with Gasteiger partial charge in [0.05, 0.1) is 0 Å². The first-order valence-electron chi connectivity index (χ1n) is 9.57. The molecule has 2 aliphatic rings. The molecule has 2 fully saturated rings. The Hall–Kier alpha value is -0.0800. The lowest BCUT2D eigenvalue weighted by Crippen LogP contribution is -2.40. The highest BCUT2D eigenvalue weighted by atomic mass is 15.1. The summed E-state index contributed by atoms with van der Waals surface area (Å²) in [4.78, 5) is 2.67. The van der Waals surface area contributed by atoms with Gasteiger partial charge in [0, 0.05) is 19.1 Å². The van der Waals surface area contributed by atoms with Crippen LogP contribution in [0.3, 0.4) is 0 Å². The van der Waals surface area contributed by atoms with Crippen LogP contribution in [0.5, 0.6) is 0 Å². The van der Waals surface area contributed by atoms with Crippen molar-refractivity contribution in [1.29, 1.82) is 0 Å². The van der Waals surface area contributed by atoms with Gasteiger partial charge in [0.1, 0.15) is 0 Å². The molecule has 0 atom stereocenters. The van der Waals surface area contributed by atoms with Crippen molar-refractivity contribution in [3.63, 3.8) is 0 Å². The van der Waals surface area contributed by atoms with Gasteiger partial charge in [-0.05, 0) is 62.9 Å². The molecule has 0 aromatic rings. The molecular weight excluding hydrogens is 256 g/mol. The van der Waals surface area contributed by atoms with Crippen molar-refractivity contribution in [2.75, 3.05) is 26.2 Å². The Morgan fingerprint density at radius 2 is 1.57 bits per heavy atom. The van der Waals surface area contributed by atoms with E-state index >= 15 is 0 Å². The first kappa shape index (κ1) is 17.3. The summed E-state index contributed by atoms with van der Waals surface area (Å²) in [6.45, 7) is 12.4. The summed E-state index contributed by atoms with van der Waals surface area (Å²) < 4.78 is 0. The maximum atomic E-state index is 3.84. The normalized spacial score (nSPS) is 29.3. The minimum Gasteiger partial charge on any atom is -0.313 e. The molecule has 2 rings (SSSR count). The predicted octanol–water partition coefficient (Wildman–Crippen LogP) is 4.45. The van der Waals surface area contributed by atoms with E-state index in [0.29, 0.717) is 5.41 Å². The highest BCUT2D eigenvalue weighted by molar-refractivity contribution is 4.85. The maximum absolute atomic E-state index is 3.84. The number of nitrogens with zero attached hydrogens (tertiary/aromatic N) is 1. The second-order valence-electron chi connectivity index (χ2n) is 8.10. The Bertz CT molecular complexity index is 271. The molecule has 1 aliphatic heterocycles. The molecule has 1 heterocycles. The third-order valence-electron chi connectivity index (χ3n) is 6.30. The second-order valence-corrected chi connectivity index (χ2v) is 8.10. The van der Waals surface area contributed by atoms with Crippen LogP contribution >= 0.6 is 0 Å². The van der Waals surface area contributed by atoms with Crippen LogP contribution < -0.4 is 5.32 Å². The molecule has 1 saturated heterocycles. The van der Waals surface area contributed by atoms with Crippen LogP contribution in [0.25, 0.3) is 0 Å². The molecule has 21 heavy (non-hydrogen) atoms. The van der Waals surface area contributed by atoms with E-state index < -0.39 is 0 Å². The van der Waals surface area contributed by atoms with Crippen molar-refractivity contribution >= 4 is 0 Å². The Morgan fingerprint density at radius 3 is 2.14 bits per heavy atom. The summed E-state index contributed by atoms with van der Waals surface area (Å²) >= 11 is 0. The monoisotopic (exact) mass is 294 g/mol. The highest BCUT2D eigenvalue weighted by Gasteiger charge is 2.31. The molecule has 0 radical (unpaired) electrons. The lowest BCUT2D eigenvalue weighted by molar-refractivity contribution is 0.136. The van der Waals surface area contributed by atoms with Gasteiger partial charge in [0.2, 0.25) is 0 Å². The summed E-state index contributed by atoms with van der Waals surface area (Å²) in [5.74, 6) is 0.950. The largest absolute Gasteiger partial charge is 0.313 e. The van der Waals surface area contributed by atoms with Crippen LogP contribution in [0.1, 0.15) is 78.6 Å². The second kappa shape index (κ2) is 8.53. The van der Waals surface area contributed by atoms with Crippen molar-refractivity contribution in [3.8, 4) is 0 Å². The summed E-state index contributed by atoms with van der Waals surface area (Å²) in [6, 6.07) is 0.792. The fraction of sp³-hybridized carbons (Fsp3) is 1.00. The zero-order chi connectivity index (χ0) is 15.1. The molecule has 0 aromatic carbocycles. The fourth-order valence-electron chi connectivity index (χ4n) is 4.15. The molecule has 2 nitrogen and oxygen atoms in total. The summed E-state index contributed by atoms with van der Waals surface area (Å²) in [5.41, 5.74) is 0.553. The van der Waals surface area contributed by atoms with E-state index in [-0.39, 0.29) is 0 Å². The van der Waals surface area contributed by atoms with Crippen LogP contribution in [-0.2, 0) is 0 Å². The van der Waals surface area contributed by atoms with E-state index in [9.17, 15) is 0 Å². The first-order chi connectivity index (χ1) is 10.1. The standard InChI is InChI=1S/C19H38N2/c1-4-19(2,3)17-9-11-18(12-10-17)20-13-16-21-14-7-5-6-8-15-21/h17-18,20H,4-16H2,1-3H3. The van der Waals surface area contributed by atoms with Crippen molar-refractivity contribution in [1.82, 2.24) is 10.2 Å². The van der Waals surface area contributed by atoms with E-state index in [2.05, 4.69) is 31.0 Å². The molecule has 2 heteroatoms. The smallest absolute Gasteiger partial charge is 0.0107 e.